The number of aliphatic imine (C=N–C) groups is 1. The first-order valence-electron chi connectivity index (χ1n) is 10.5. The summed E-state index contributed by atoms with van der Waals surface area (Å²) in [7, 11) is 1.52. The van der Waals surface area contributed by atoms with Crippen molar-refractivity contribution < 1.29 is 27.8 Å². The maximum absolute atomic E-state index is 13.6. The van der Waals surface area contributed by atoms with Crippen LogP contribution >= 0.6 is 0 Å². The van der Waals surface area contributed by atoms with Gasteiger partial charge in [-0.1, -0.05) is 6.07 Å². The van der Waals surface area contributed by atoms with E-state index in [2.05, 4.69) is 20.7 Å². The normalized spacial score (nSPS) is 12.5. The molecule has 1 atom stereocenters. The summed E-state index contributed by atoms with van der Waals surface area (Å²) in [6.45, 7) is 5.80. The molecule has 3 aromatic rings. The van der Waals surface area contributed by atoms with Gasteiger partial charge in [-0.3, -0.25) is 4.79 Å². The lowest BCUT2D eigenvalue weighted by molar-refractivity contribution is 0.100. The average Bonchev–Trinajstić information content (AvgIpc) is 3.13. The number of carbonyl (C=O) groups excluding carboxylic acids is 2. The van der Waals surface area contributed by atoms with E-state index in [0.717, 1.165) is 28.4 Å². The van der Waals surface area contributed by atoms with Gasteiger partial charge in [-0.15, -0.1) is 5.10 Å². The molecule has 0 unspecified atom stereocenters. The predicted octanol–water partition coefficient (Wildman–Crippen LogP) is 3.86. The van der Waals surface area contributed by atoms with Gasteiger partial charge in [0.1, 0.15) is 0 Å². The number of halogens is 2. The Morgan fingerprint density at radius 2 is 1.94 bits per heavy atom. The summed E-state index contributed by atoms with van der Waals surface area (Å²) in [6, 6.07) is 7.85. The van der Waals surface area contributed by atoms with E-state index in [1.165, 1.54) is 7.11 Å². The number of amides is 1. The van der Waals surface area contributed by atoms with Crippen LogP contribution in [0, 0.1) is 18.6 Å². The molecular formula is C23H25F2N5O4. The number of aromatic nitrogens is 2. The van der Waals surface area contributed by atoms with Crippen LogP contribution in [0.1, 0.15) is 29.8 Å². The number of nitrogens with zero attached hydrogens (tertiary/aromatic N) is 3. The topological polar surface area (TPSA) is 107 Å². The minimum atomic E-state index is -1.16. The Morgan fingerprint density at radius 3 is 2.62 bits per heavy atom. The molecule has 9 nitrogen and oxygen atoms in total. The molecule has 0 aliphatic rings. The average molecular weight is 473 g/mol. The number of aryl methyl sites for hydroxylation is 1. The van der Waals surface area contributed by atoms with Crippen molar-refractivity contribution in [3.05, 3.63) is 59.2 Å². The maximum Gasteiger partial charge on any atom is 0.435 e. The first-order chi connectivity index (χ1) is 16.2. The van der Waals surface area contributed by atoms with Crippen LogP contribution < -0.4 is 10.6 Å². The van der Waals surface area contributed by atoms with Gasteiger partial charge in [-0.05, 0) is 56.7 Å². The molecule has 34 heavy (non-hydrogen) atoms. The molecular weight excluding hydrogens is 448 g/mol. The molecule has 0 radical (unpaired) electrons. The number of benzene rings is 2. The number of rotatable bonds is 6. The number of carbonyl (C=O) groups is 2. The van der Waals surface area contributed by atoms with Crippen molar-refractivity contribution in [1.29, 1.82) is 0 Å². The molecule has 1 heterocycles. The summed E-state index contributed by atoms with van der Waals surface area (Å²) in [5, 5.41) is 10.8. The van der Waals surface area contributed by atoms with Crippen molar-refractivity contribution in [2.75, 3.05) is 25.6 Å². The number of nitrogens with one attached hydrogen (secondary N) is 2. The van der Waals surface area contributed by atoms with E-state index in [4.69, 9.17) is 9.47 Å². The van der Waals surface area contributed by atoms with Gasteiger partial charge < -0.3 is 20.1 Å². The van der Waals surface area contributed by atoms with E-state index >= 15 is 0 Å². The highest BCUT2D eigenvalue weighted by molar-refractivity contribution is 6.09. The lowest BCUT2D eigenvalue weighted by Gasteiger charge is -2.16. The molecule has 180 valence electrons. The monoisotopic (exact) mass is 473 g/mol. The Kier molecular flexibility index (Phi) is 7.90. The Morgan fingerprint density at radius 1 is 1.18 bits per heavy atom. The molecule has 0 aliphatic heterocycles. The lowest BCUT2D eigenvalue weighted by atomic mass is 10.2. The molecule has 3 rings (SSSR count). The number of fused-ring (bicyclic) bond motifs is 1. The van der Waals surface area contributed by atoms with Crippen LogP contribution in [0.15, 0.2) is 41.4 Å². The van der Waals surface area contributed by atoms with Gasteiger partial charge in [0, 0.05) is 24.1 Å². The van der Waals surface area contributed by atoms with Crippen LogP contribution in [0.2, 0.25) is 0 Å². The quantitative estimate of drug-likeness (QED) is 0.414. The summed E-state index contributed by atoms with van der Waals surface area (Å²) >= 11 is 0. The summed E-state index contributed by atoms with van der Waals surface area (Å²) in [4.78, 5) is 29.1. The molecule has 0 spiro atoms. The predicted molar refractivity (Wildman–Crippen MR) is 123 cm³/mol. The second-order valence-corrected chi connectivity index (χ2v) is 7.50. The lowest BCUT2D eigenvalue weighted by Crippen LogP contribution is -2.40. The van der Waals surface area contributed by atoms with Gasteiger partial charge in [0.2, 0.25) is 5.96 Å². The second-order valence-electron chi connectivity index (χ2n) is 7.50. The van der Waals surface area contributed by atoms with E-state index in [-0.39, 0.29) is 36.6 Å². The highest BCUT2D eigenvalue weighted by Gasteiger charge is 2.19. The number of anilines is 1. The first kappa shape index (κ1) is 24.8. The molecule has 0 saturated carbocycles. The van der Waals surface area contributed by atoms with Crippen LogP contribution in [0.3, 0.4) is 0 Å². The minimum Gasteiger partial charge on any atom is -0.448 e. The molecule has 1 amide bonds. The van der Waals surface area contributed by atoms with E-state index in [9.17, 15) is 18.4 Å². The largest absolute Gasteiger partial charge is 0.448 e. The maximum atomic E-state index is 13.6. The van der Waals surface area contributed by atoms with E-state index in [1.807, 2.05) is 13.0 Å². The Labute approximate surface area is 194 Å². The molecule has 0 bridgehead atoms. The SMILES string of the molecule is CCOC(=O)n1nc(N/C(=N\C(=O)c2ccc(F)c(F)c2)N[C@@H](C)COC)c2ccc(C)cc21. The van der Waals surface area contributed by atoms with Gasteiger partial charge in [0.05, 0.1) is 18.7 Å². The van der Waals surface area contributed by atoms with Gasteiger partial charge >= 0.3 is 6.09 Å². The van der Waals surface area contributed by atoms with Gasteiger partial charge in [0.15, 0.2) is 17.5 Å². The fraction of sp³-hybridized carbons (Fsp3) is 0.304. The van der Waals surface area contributed by atoms with E-state index in [0.29, 0.717) is 10.9 Å². The van der Waals surface area contributed by atoms with Crippen molar-refractivity contribution in [1.82, 2.24) is 15.1 Å². The third kappa shape index (κ3) is 5.73. The third-order valence-corrected chi connectivity index (χ3v) is 4.69. The Bertz CT molecular complexity index is 1240. The van der Waals surface area contributed by atoms with Crippen molar-refractivity contribution in [3.8, 4) is 0 Å². The summed E-state index contributed by atoms with van der Waals surface area (Å²) in [6.07, 6.45) is -0.664. The summed E-state index contributed by atoms with van der Waals surface area (Å²) in [5.41, 5.74) is 1.26. The van der Waals surface area contributed by atoms with Crippen molar-refractivity contribution >= 4 is 34.7 Å². The Balaban J connectivity index is 2.02. The molecule has 2 N–H and O–H groups in total. The van der Waals surface area contributed by atoms with Gasteiger partial charge in [-0.25, -0.2) is 13.6 Å². The highest BCUT2D eigenvalue weighted by atomic mass is 19.2. The van der Waals surface area contributed by atoms with E-state index in [1.54, 1.807) is 26.0 Å². The van der Waals surface area contributed by atoms with Gasteiger partial charge in [0.25, 0.3) is 5.91 Å². The van der Waals surface area contributed by atoms with Crippen LogP contribution in [0.5, 0.6) is 0 Å². The van der Waals surface area contributed by atoms with E-state index < -0.39 is 23.6 Å². The van der Waals surface area contributed by atoms with Crippen LogP contribution in [-0.4, -0.2) is 54.1 Å². The molecule has 0 fully saturated rings. The van der Waals surface area contributed by atoms with Crippen molar-refractivity contribution in [2.45, 2.75) is 26.8 Å². The minimum absolute atomic E-state index is 0.0183. The fourth-order valence-electron chi connectivity index (χ4n) is 3.17. The summed E-state index contributed by atoms with van der Waals surface area (Å²) in [5.74, 6) is -2.83. The van der Waals surface area contributed by atoms with Crippen molar-refractivity contribution in [3.63, 3.8) is 0 Å². The number of guanidine groups is 1. The van der Waals surface area contributed by atoms with Crippen molar-refractivity contribution in [2.24, 2.45) is 4.99 Å². The molecule has 1 aromatic heterocycles. The smallest absolute Gasteiger partial charge is 0.435 e. The fourth-order valence-corrected chi connectivity index (χ4v) is 3.17. The molecule has 2 aromatic carbocycles. The third-order valence-electron chi connectivity index (χ3n) is 4.69. The van der Waals surface area contributed by atoms with Crippen LogP contribution in [0.25, 0.3) is 10.9 Å². The number of hydrogen-bond acceptors (Lipinski definition) is 5. The highest BCUT2D eigenvalue weighted by Crippen LogP contribution is 2.24. The molecule has 0 saturated heterocycles. The number of methoxy groups -OCH3 is 1. The summed E-state index contributed by atoms with van der Waals surface area (Å²) < 4.78 is 38.2. The zero-order chi connectivity index (χ0) is 24.8. The Hall–Kier alpha value is -3.86. The standard InChI is InChI=1S/C23H25F2N5O4/c1-5-34-23(32)30-19-10-13(2)6-8-16(19)20(29-30)27-22(26-14(3)12-33-4)28-21(31)15-7-9-17(24)18(25)11-15/h6-11,14H,5,12H2,1-4H3,(H2,26,27,28,29,31)/t14-/m0/s1. The molecule has 11 heteroatoms. The zero-order valence-corrected chi connectivity index (χ0v) is 19.2. The molecule has 0 aliphatic carbocycles. The number of hydrogen-bond donors (Lipinski definition) is 2. The first-order valence-corrected chi connectivity index (χ1v) is 10.5. The zero-order valence-electron chi connectivity index (χ0n) is 19.2. The second kappa shape index (κ2) is 10.8. The van der Waals surface area contributed by atoms with Gasteiger partial charge in [-0.2, -0.15) is 9.67 Å². The number of ether oxygens (including phenoxy) is 2. The van der Waals surface area contributed by atoms with Crippen LogP contribution in [-0.2, 0) is 9.47 Å². The van der Waals surface area contributed by atoms with Crippen LogP contribution in [0.4, 0.5) is 19.4 Å².